The molecule has 1 unspecified atom stereocenters. The Kier molecular flexibility index (Phi) is 4.22. The largest absolute Gasteiger partial charge is 0.392 e. The van der Waals surface area contributed by atoms with Crippen molar-refractivity contribution in [3.63, 3.8) is 0 Å². The second-order valence-corrected chi connectivity index (χ2v) is 5.51. The van der Waals surface area contributed by atoms with Crippen LogP contribution in [0.2, 0.25) is 0 Å². The molecule has 104 valence electrons. The summed E-state index contributed by atoms with van der Waals surface area (Å²) in [4.78, 5) is 12.6. The van der Waals surface area contributed by atoms with Crippen LogP contribution in [0.5, 0.6) is 0 Å². The molecular weight excluding hydrogens is 240 g/mol. The number of anilines is 1. The molecule has 0 bridgehead atoms. The molecule has 0 aromatic heterocycles. The third-order valence-corrected chi connectivity index (χ3v) is 4.18. The zero-order valence-electron chi connectivity index (χ0n) is 11.6. The van der Waals surface area contributed by atoms with Gasteiger partial charge in [0.2, 0.25) is 5.91 Å². The quantitative estimate of drug-likeness (QED) is 0.774. The van der Waals surface area contributed by atoms with Crippen molar-refractivity contribution < 1.29 is 9.90 Å². The van der Waals surface area contributed by atoms with E-state index in [0.29, 0.717) is 5.69 Å². The maximum Gasteiger partial charge on any atom is 0.232 e. The van der Waals surface area contributed by atoms with Gasteiger partial charge in [0, 0.05) is 17.8 Å². The lowest BCUT2D eigenvalue weighted by Crippen LogP contribution is -2.42. The van der Waals surface area contributed by atoms with Gasteiger partial charge in [-0.1, -0.05) is 32.0 Å². The van der Waals surface area contributed by atoms with E-state index in [0.717, 1.165) is 25.1 Å². The number of nitrogens with one attached hydrogen (secondary N) is 2. The molecule has 1 fully saturated rings. The fourth-order valence-corrected chi connectivity index (χ4v) is 2.69. The molecule has 0 aliphatic carbocycles. The molecule has 4 nitrogen and oxygen atoms in total. The number of benzene rings is 1. The first kappa shape index (κ1) is 14.0. The van der Waals surface area contributed by atoms with Crippen molar-refractivity contribution in [3.05, 3.63) is 29.8 Å². The molecule has 0 spiro atoms. The Bertz CT molecular complexity index is 451. The predicted octanol–water partition coefficient (Wildman–Crippen LogP) is 1.75. The molecule has 0 radical (unpaired) electrons. The van der Waals surface area contributed by atoms with Gasteiger partial charge < -0.3 is 15.7 Å². The van der Waals surface area contributed by atoms with Crippen molar-refractivity contribution in [1.29, 1.82) is 0 Å². The zero-order valence-corrected chi connectivity index (χ0v) is 11.6. The van der Waals surface area contributed by atoms with Gasteiger partial charge in [-0.25, -0.2) is 0 Å². The smallest absolute Gasteiger partial charge is 0.232 e. The fraction of sp³-hybridized carbons (Fsp3) is 0.533. The highest BCUT2D eigenvalue weighted by Crippen LogP contribution is 2.35. The van der Waals surface area contributed by atoms with Crippen LogP contribution in [0.4, 0.5) is 5.69 Å². The van der Waals surface area contributed by atoms with E-state index in [1.807, 2.05) is 24.3 Å². The number of amides is 1. The minimum absolute atomic E-state index is 0.0494. The molecule has 1 saturated heterocycles. The minimum Gasteiger partial charge on any atom is -0.392 e. The number of carbonyl (C=O) groups is 1. The summed E-state index contributed by atoms with van der Waals surface area (Å²) in [5, 5.41) is 15.6. The van der Waals surface area contributed by atoms with Crippen molar-refractivity contribution in [2.24, 2.45) is 11.3 Å². The molecule has 3 N–H and O–H groups in total. The van der Waals surface area contributed by atoms with E-state index in [-0.39, 0.29) is 23.8 Å². The van der Waals surface area contributed by atoms with Gasteiger partial charge in [0.25, 0.3) is 0 Å². The first-order valence-electron chi connectivity index (χ1n) is 6.81. The lowest BCUT2D eigenvalue weighted by atomic mass is 9.75. The molecule has 0 saturated carbocycles. The Balaban J connectivity index is 2.20. The molecule has 1 aromatic rings. The molecule has 2 rings (SSSR count). The lowest BCUT2D eigenvalue weighted by Gasteiger charge is -2.31. The van der Waals surface area contributed by atoms with E-state index in [1.54, 1.807) is 0 Å². The van der Waals surface area contributed by atoms with Crippen molar-refractivity contribution in [2.45, 2.75) is 26.9 Å². The van der Waals surface area contributed by atoms with Crippen LogP contribution in [-0.4, -0.2) is 24.1 Å². The predicted molar refractivity (Wildman–Crippen MR) is 75.8 cm³/mol. The molecule has 4 heteroatoms. The Hall–Kier alpha value is -1.39. The Labute approximate surface area is 114 Å². The standard InChI is InChI=1S/C15H22N2O2/c1-11(2)15(7-8-16-10-15)14(19)17-13-6-4-3-5-12(13)9-18/h3-6,11,16,18H,7-10H2,1-2H3,(H,17,19). The van der Waals surface area contributed by atoms with Crippen molar-refractivity contribution in [2.75, 3.05) is 18.4 Å². The third-order valence-electron chi connectivity index (χ3n) is 4.18. The number of rotatable bonds is 4. The number of hydrogen-bond acceptors (Lipinski definition) is 3. The van der Waals surface area contributed by atoms with Crippen molar-refractivity contribution in [3.8, 4) is 0 Å². The molecule has 1 aromatic carbocycles. The summed E-state index contributed by atoms with van der Waals surface area (Å²) in [6.07, 6.45) is 0.859. The second-order valence-electron chi connectivity index (χ2n) is 5.51. The van der Waals surface area contributed by atoms with E-state index >= 15 is 0 Å². The van der Waals surface area contributed by atoms with Crippen LogP contribution in [0.15, 0.2) is 24.3 Å². The van der Waals surface area contributed by atoms with Crippen molar-refractivity contribution >= 4 is 11.6 Å². The van der Waals surface area contributed by atoms with Gasteiger partial charge in [-0.05, 0) is 24.9 Å². The first-order valence-corrected chi connectivity index (χ1v) is 6.81. The number of carbonyl (C=O) groups excluding carboxylic acids is 1. The van der Waals surface area contributed by atoms with Gasteiger partial charge in [0.05, 0.1) is 12.0 Å². The summed E-state index contributed by atoms with van der Waals surface area (Å²) in [5.41, 5.74) is 1.12. The van der Waals surface area contributed by atoms with Crippen LogP contribution >= 0.6 is 0 Å². The summed E-state index contributed by atoms with van der Waals surface area (Å²) >= 11 is 0. The molecule has 1 heterocycles. The molecule has 1 atom stereocenters. The summed E-state index contributed by atoms with van der Waals surface area (Å²) in [7, 11) is 0. The number of aliphatic hydroxyl groups excluding tert-OH is 1. The zero-order chi connectivity index (χ0) is 13.9. The SMILES string of the molecule is CC(C)C1(C(=O)Nc2ccccc2CO)CCNC1. The normalized spacial score (nSPS) is 22.7. The second kappa shape index (κ2) is 5.72. The van der Waals surface area contributed by atoms with Crippen LogP contribution in [-0.2, 0) is 11.4 Å². The molecule has 1 aliphatic rings. The average Bonchev–Trinajstić information content (AvgIpc) is 2.90. The highest BCUT2D eigenvalue weighted by Gasteiger charge is 2.43. The van der Waals surface area contributed by atoms with Gasteiger partial charge in [-0.3, -0.25) is 4.79 Å². The Morgan fingerprint density at radius 2 is 2.21 bits per heavy atom. The maximum absolute atomic E-state index is 12.6. The monoisotopic (exact) mass is 262 g/mol. The highest BCUT2D eigenvalue weighted by atomic mass is 16.3. The van der Waals surface area contributed by atoms with Crippen molar-refractivity contribution in [1.82, 2.24) is 5.32 Å². The third kappa shape index (κ3) is 2.65. The van der Waals surface area contributed by atoms with Crippen LogP contribution in [0.25, 0.3) is 0 Å². The van der Waals surface area contributed by atoms with Crippen LogP contribution in [0.1, 0.15) is 25.8 Å². The summed E-state index contributed by atoms with van der Waals surface area (Å²) in [5.74, 6) is 0.331. The maximum atomic E-state index is 12.6. The first-order chi connectivity index (χ1) is 9.10. The van der Waals surface area contributed by atoms with Crippen LogP contribution in [0, 0.1) is 11.3 Å². The molecule has 1 amide bonds. The molecule has 1 aliphatic heterocycles. The number of aliphatic hydroxyl groups is 1. The molecule has 19 heavy (non-hydrogen) atoms. The van der Waals surface area contributed by atoms with E-state index in [9.17, 15) is 9.90 Å². The summed E-state index contributed by atoms with van der Waals surface area (Å²) in [6, 6.07) is 7.38. The summed E-state index contributed by atoms with van der Waals surface area (Å²) < 4.78 is 0. The van der Waals surface area contributed by atoms with Gasteiger partial charge in [0.1, 0.15) is 0 Å². The fourth-order valence-electron chi connectivity index (χ4n) is 2.69. The van der Waals surface area contributed by atoms with E-state index < -0.39 is 0 Å². The van der Waals surface area contributed by atoms with E-state index in [1.165, 1.54) is 0 Å². The van der Waals surface area contributed by atoms with Gasteiger partial charge in [-0.15, -0.1) is 0 Å². The number of hydrogen-bond donors (Lipinski definition) is 3. The lowest BCUT2D eigenvalue weighted by molar-refractivity contribution is -0.126. The minimum atomic E-state index is -0.345. The van der Waals surface area contributed by atoms with Crippen LogP contribution < -0.4 is 10.6 Å². The van der Waals surface area contributed by atoms with Gasteiger partial charge in [0.15, 0.2) is 0 Å². The van der Waals surface area contributed by atoms with E-state index in [2.05, 4.69) is 24.5 Å². The van der Waals surface area contributed by atoms with Gasteiger partial charge in [-0.2, -0.15) is 0 Å². The molecular formula is C15H22N2O2. The van der Waals surface area contributed by atoms with E-state index in [4.69, 9.17) is 0 Å². The highest BCUT2D eigenvalue weighted by molar-refractivity contribution is 5.96. The average molecular weight is 262 g/mol. The number of para-hydroxylation sites is 1. The summed E-state index contributed by atoms with van der Waals surface area (Å²) in [6.45, 7) is 5.71. The Morgan fingerprint density at radius 3 is 2.79 bits per heavy atom. The van der Waals surface area contributed by atoms with Crippen LogP contribution in [0.3, 0.4) is 0 Å². The Morgan fingerprint density at radius 1 is 1.47 bits per heavy atom. The van der Waals surface area contributed by atoms with Gasteiger partial charge >= 0.3 is 0 Å². The topological polar surface area (TPSA) is 61.4 Å².